The number of likely N-dealkylation sites (tertiary alicyclic amines) is 1. The summed E-state index contributed by atoms with van der Waals surface area (Å²) in [4.78, 5) is 26.9. The molecule has 6 nitrogen and oxygen atoms in total. The minimum atomic E-state index is -0.527. The van der Waals surface area contributed by atoms with Crippen molar-refractivity contribution in [3.05, 3.63) is 35.4 Å². The molecule has 1 aromatic rings. The largest absolute Gasteiger partial charge is 0.465 e. The van der Waals surface area contributed by atoms with E-state index in [1.165, 1.54) is 5.56 Å². The Hall–Kier alpha value is -2.08. The minimum Gasteiger partial charge on any atom is -0.465 e. The van der Waals surface area contributed by atoms with Gasteiger partial charge in [-0.3, -0.25) is 4.79 Å². The molecule has 1 aliphatic heterocycles. The fourth-order valence-corrected chi connectivity index (χ4v) is 3.89. The SMILES string of the molecule is CCOC(=O)C(NC)C1(c2ccc(C)cc2)CCN(C(=O)OC(C)(C)C)CC1. The monoisotopic (exact) mass is 390 g/mol. The molecule has 0 spiro atoms. The Labute approximate surface area is 168 Å². The van der Waals surface area contributed by atoms with E-state index in [9.17, 15) is 9.59 Å². The molecule has 1 saturated heterocycles. The van der Waals surface area contributed by atoms with Crippen LogP contribution >= 0.6 is 0 Å². The van der Waals surface area contributed by atoms with Gasteiger partial charge >= 0.3 is 12.1 Å². The predicted molar refractivity (Wildman–Crippen MR) is 109 cm³/mol. The van der Waals surface area contributed by atoms with Crippen molar-refractivity contribution < 1.29 is 19.1 Å². The van der Waals surface area contributed by atoms with E-state index in [0.29, 0.717) is 32.5 Å². The van der Waals surface area contributed by atoms with E-state index in [2.05, 4.69) is 29.6 Å². The minimum absolute atomic E-state index is 0.253. The summed E-state index contributed by atoms with van der Waals surface area (Å²) >= 11 is 0. The second-order valence-electron chi connectivity index (χ2n) is 8.46. The molecule has 1 atom stereocenters. The molecule has 0 saturated carbocycles. The molecule has 0 radical (unpaired) electrons. The van der Waals surface area contributed by atoms with Gasteiger partial charge in [0.2, 0.25) is 0 Å². The second-order valence-corrected chi connectivity index (χ2v) is 8.46. The van der Waals surface area contributed by atoms with Crippen LogP contribution in [0.1, 0.15) is 51.7 Å². The average Bonchev–Trinajstić information content (AvgIpc) is 2.62. The highest BCUT2D eigenvalue weighted by molar-refractivity contribution is 5.78. The third kappa shape index (κ3) is 5.04. The zero-order chi connectivity index (χ0) is 20.9. The number of aryl methyl sites for hydroxylation is 1. The molecule has 28 heavy (non-hydrogen) atoms. The number of nitrogens with zero attached hydrogens (tertiary/aromatic N) is 1. The van der Waals surface area contributed by atoms with Crippen molar-refractivity contribution in [2.75, 3.05) is 26.7 Å². The smallest absolute Gasteiger partial charge is 0.410 e. The molecule has 1 aromatic carbocycles. The van der Waals surface area contributed by atoms with E-state index in [1.807, 2.05) is 34.6 Å². The Morgan fingerprint density at radius 3 is 2.21 bits per heavy atom. The zero-order valence-corrected chi connectivity index (χ0v) is 18.0. The van der Waals surface area contributed by atoms with Gasteiger partial charge in [0.25, 0.3) is 0 Å². The summed E-state index contributed by atoms with van der Waals surface area (Å²) in [5.41, 5.74) is 1.30. The van der Waals surface area contributed by atoms with Crippen molar-refractivity contribution in [3.63, 3.8) is 0 Å². The summed E-state index contributed by atoms with van der Waals surface area (Å²) in [5.74, 6) is -0.253. The number of carbonyl (C=O) groups excluding carboxylic acids is 2. The third-order valence-corrected chi connectivity index (χ3v) is 5.30. The first-order valence-electron chi connectivity index (χ1n) is 10.0. The van der Waals surface area contributed by atoms with Gasteiger partial charge in [-0.25, -0.2) is 4.79 Å². The standard InChI is InChI=1S/C22H34N2O4/c1-7-27-19(25)18(23-6)22(17-10-8-16(2)9-11-17)12-14-24(15-13-22)20(26)28-21(3,4)5/h8-11,18,23H,7,12-15H2,1-6H3. The molecular weight excluding hydrogens is 356 g/mol. The van der Waals surface area contributed by atoms with E-state index in [4.69, 9.17) is 9.47 Å². The number of carbonyl (C=O) groups is 2. The maximum atomic E-state index is 12.7. The zero-order valence-electron chi connectivity index (χ0n) is 18.0. The Balaban J connectivity index is 2.30. The predicted octanol–water partition coefficient (Wildman–Crippen LogP) is 3.41. The van der Waals surface area contributed by atoms with Crippen molar-refractivity contribution in [2.45, 2.75) is 64.5 Å². The summed E-state index contributed by atoms with van der Waals surface area (Å²) in [7, 11) is 1.79. The first-order valence-corrected chi connectivity index (χ1v) is 10.0. The highest BCUT2D eigenvalue weighted by Crippen LogP contribution is 2.39. The number of rotatable bonds is 5. The van der Waals surface area contributed by atoms with Gasteiger partial charge in [0.15, 0.2) is 0 Å². The molecule has 0 bridgehead atoms. The molecule has 1 fully saturated rings. The number of hydrogen-bond acceptors (Lipinski definition) is 5. The van der Waals surface area contributed by atoms with Gasteiger partial charge < -0.3 is 19.7 Å². The highest BCUT2D eigenvalue weighted by Gasteiger charge is 2.47. The van der Waals surface area contributed by atoms with Crippen LogP contribution in [0.4, 0.5) is 4.79 Å². The number of piperidine rings is 1. The maximum Gasteiger partial charge on any atom is 0.410 e. The quantitative estimate of drug-likeness (QED) is 0.781. The van der Waals surface area contributed by atoms with Gasteiger partial charge in [0.1, 0.15) is 11.6 Å². The third-order valence-electron chi connectivity index (χ3n) is 5.30. The van der Waals surface area contributed by atoms with Crippen LogP contribution in [0.3, 0.4) is 0 Å². The van der Waals surface area contributed by atoms with Gasteiger partial charge in [-0.1, -0.05) is 29.8 Å². The van der Waals surface area contributed by atoms with Gasteiger partial charge in [-0.15, -0.1) is 0 Å². The van der Waals surface area contributed by atoms with Crippen molar-refractivity contribution in [1.29, 1.82) is 0 Å². The summed E-state index contributed by atoms with van der Waals surface area (Å²) < 4.78 is 10.9. The van der Waals surface area contributed by atoms with E-state index in [-0.39, 0.29) is 12.1 Å². The summed E-state index contributed by atoms with van der Waals surface area (Å²) in [6, 6.07) is 7.82. The average molecular weight is 391 g/mol. The molecule has 1 N–H and O–H groups in total. The van der Waals surface area contributed by atoms with Crippen LogP contribution in [0.2, 0.25) is 0 Å². The summed E-state index contributed by atoms with van der Waals surface area (Å²) in [6.45, 7) is 10.8. The van der Waals surface area contributed by atoms with Crippen LogP contribution in [0, 0.1) is 6.92 Å². The molecular formula is C22H34N2O4. The maximum absolute atomic E-state index is 12.7. The number of nitrogens with one attached hydrogen (secondary N) is 1. The van der Waals surface area contributed by atoms with Gasteiger partial charge in [0, 0.05) is 18.5 Å². The van der Waals surface area contributed by atoms with Crippen LogP contribution in [-0.4, -0.2) is 55.3 Å². The van der Waals surface area contributed by atoms with Crippen molar-refractivity contribution in [3.8, 4) is 0 Å². The summed E-state index contributed by atoms with van der Waals surface area (Å²) in [5, 5.41) is 3.18. The van der Waals surface area contributed by atoms with Gasteiger partial charge in [-0.2, -0.15) is 0 Å². The molecule has 1 heterocycles. The Bertz CT molecular complexity index is 671. The lowest BCUT2D eigenvalue weighted by atomic mass is 9.67. The molecule has 2 rings (SSSR count). The van der Waals surface area contributed by atoms with E-state index < -0.39 is 17.1 Å². The van der Waals surface area contributed by atoms with E-state index >= 15 is 0 Å². The Morgan fingerprint density at radius 2 is 1.75 bits per heavy atom. The Kier molecular flexibility index (Phi) is 7.10. The fraction of sp³-hybridized carbons (Fsp3) is 0.636. The van der Waals surface area contributed by atoms with Crippen LogP contribution in [0.25, 0.3) is 0 Å². The van der Waals surface area contributed by atoms with Crippen molar-refractivity contribution in [2.24, 2.45) is 0 Å². The molecule has 0 aromatic heterocycles. The first-order chi connectivity index (χ1) is 13.1. The van der Waals surface area contributed by atoms with Gasteiger partial charge in [-0.05, 0) is 60.1 Å². The van der Waals surface area contributed by atoms with E-state index in [0.717, 1.165) is 5.56 Å². The fourth-order valence-electron chi connectivity index (χ4n) is 3.89. The molecule has 0 aliphatic carbocycles. The lowest BCUT2D eigenvalue weighted by molar-refractivity contribution is -0.148. The molecule has 156 valence electrons. The number of ether oxygens (including phenoxy) is 2. The molecule has 1 aliphatic rings. The molecule has 1 unspecified atom stereocenters. The lowest BCUT2D eigenvalue weighted by Crippen LogP contribution is -2.58. The number of hydrogen-bond donors (Lipinski definition) is 1. The number of likely N-dealkylation sites (N-methyl/N-ethyl adjacent to an activating group) is 1. The number of amides is 1. The van der Waals surface area contributed by atoms with Crippen LogP contribution < -0.4 is 5.32 Å². The second kappa shape index (κ2) is 8.95. The van der Waals surface area contributed by atoms with Crippen LogP contribution in [0.5, 0.6) is 0 Å². The number of esters is 1. The Morgan fingerprint density at radius 1 is 1.18 bits per heavy atom. The normalized spacial score (nSPS) is 17.7. The van der Waals surface area contributed by atoms with Gasteiger partial charge in [0.05, 0.1) is 6.61 Å². The number of benzene rings is 1. The lowest BCUT2D eigenvalue weighted by Gasteiger charge is -2.45. The van der Waals surface area contributed by atoms with Crippen molar-refractivity contribution >= 4 is 12.1 Å². The van der Waals surface area contributed by atoms with E-state index in [1.54, 1.807) is 11.9 Å². The first kappa shape index (κ1) is 22.2. The van der Waals surface area contributed by atoms with Crippen LogP contribution in [0.15, 0.2) is 24.3 Å². The molecule has 6 heteroatoms. The summed E-state index contributed by atoms with van der Waals surface area (Å²) in [6.07, 6.45) is 1.00. The topological polar surface area (TPSA) is 67.9 Å². The van der Waals surface area contributed by atoms with Crippen molar-refractivity contribution in [1.82, 2.24) is 10.2 Å². The highest BCUT2D eigenvalue weighted by atomic mass is 16.6. The van der Waals surface area contributed by atoms with Crippen LogP contribution in [-0.2, 0) is 19.7 Å². The molecule has 1 amide bonds.